The number of nitrogens with zero attached hydrogens (tertiary/aromatic N) is 3. The standard InChI is InChI=1S/C12H21BrN4OS/c1-4-18-7-5-6-14-12(19)16(2)9-11-10(13)8-15-17(11)3/h8H,4-7,9H2,1-3H3,(H,14,19). The molecule has 0 spiro atoms. The number of halogens is 1. The van der Waals surface area contributed by atoms with E-state index in [1.54, 1.807) is 6.20 Å². The molecule has 108 valence electrons. The molecular formula is C12H21BrN4OS. The Kier molecular flexibility index (Phi) is 7.33. The van der Waals surface area contributed by atoms with E-state index in [-0.39, 0.29) is 0 Å². The average molecular weight is 349 g/mol. The number of hydrogen-bond donors (Lipinski definition) is 1. The van der Waals surface area contributed by atoms with Crippen molar-refractivity contribution in [1.29, 1.82) is 0 Å². The first-order valence-electron chi connectivity index (χ1n) is 6.29. The predicted octanol–water partition coefficient (Wildman–Crippen LogP) is 1.92. The van der Waals surface area contributed by atoms with Gasteiger partial charge in [0.1, 0.15) is 0 Å². The second-order valence-corrected chi connectivity index (χ2v) is 5.44. The molecule has 0 atom stereocenters. The SMILES string of the molecule is CCOCCCNC(=S)N(C)Cc1c(Br)cnn1C. The van der Waals surface area contributed by atoms with Crippen molar-refractivity contribution in [3.8, 4) is 0 Å². The molecule has 0 aliphatic rings. The van der Waals surface area contributed by atoms with Crippen molar-refractivity contribution in [3.63, 3.8) is 0 Å². The minimum atomic E-state index is 0.717. The lowest BCUT2D eigenvalue weighted by molar-refractivity contribution is 0.145. The minimum Gasteiger partial charge on any atom is -0.382 e. The fourth-order valence-corrected chi connectivity index (χ4v) is 2.20. The summed E-state index contributed by atoms with van der Waals surface area (Å²) in [6.45, 7) is 5.07. The second kappa shape index (κ2) is 8.50. The van der Waals surface area contributed by atoms with E-state index in [9.17, 15) is 0 Å². The van der Waals surface area contributed by atoms with Crippen LogP contribution in [0.15, 0.2) is 10.7 Å². The smallest absolute Gasteiger partial charge is 0.169 e. The van der Waals surface area contributed by atoms with Crippen LogP contribution < -0.4 is 5.32 Å². The Hall–Kier alpha value is -0.660. The third-order valence-corrected chi connectivity index (χ3v) is 3.81. The molecule has 0 fully saturated rings. The van der Waals surface area contributed by atoms with Crippen LogP contribution in [-0.4, -0.2) is 46.6 Å². The Labute approximate surface area is 128 Å². The Morgan fingerprint density at radius 2 is 2.37 bits per heavy atom. The topological polar surface area (TPSA) is 42.3 Å². The summed E-state index contributed by atoms with van der Waals surface area (Å²) in [7, 11) is 3.89. The van der Waals surface area contributed by atoms with Gasteiger partial charge in [-0.25, -0.2) is 0 Å². The fourth-order valence-electron chi connectivity index (χ4n) is 1.56. The Bertz CT molecular complexity index is 391. The van der Waals surface area contributed by atoms with E-state index in [4.69, 9.17) is 17.0 Å². The minimum absolute atomic E-state index is 0.717. The summed E-state index contributed by atoms with van der Waals surface area (Å²) < 4.78 is 8.12. The van der Waals surface area contributed by atoms with Gasteiger partial charge in [0.15, 0.2) is 5.11 Å². The summed E-state index contributed by atoms with van der Waals surface area (Å²) in [6, 6.07) is 0. The molecule has 0 aromatic carbocycles. The maximum atomic E-state index is 5.34. The highest BCUT2D eigenvalue weighted by Gasteiger charge is 2.10. The van der Waals surface area contributed by atoms with Crippen molar-refractivity contribution in [1.82, 2.24) is 20.0 Å². The van der Waals surface area contributed by atoms with E-state index in [1.807, 2.05) is 30.6 Å². The van der Waals surface area contributed by atoms with Crippen LogP contribution in [0.25, 0.3) is 0 Å². The van der Waals surface area contributed by atoms with Crippen LogP contribution in [-0.2, 0) is 18.3 Å². The molecular weight excluding hydrogens is 328 g/mol. The average Bonchev–Trinajstić information content (AvgIpc) is 2.70. The molecule has 0 aliphatic heterocycles. The van der Waals surface area contributed by atoms with Gasteiger partial charge in [-0.1, -0.05) is 0 Å². The van der Waals surface area contributed by atoms with Crippen LogP contribution in [0.2, 0.25) is 0 Å². The van der Waals surface area contributed by atoms with E-state index < -0.39 is 0 Å². The van der Waals surface area contributed by atoms with Crippen LogP contribution in [0, 0.1) is 0 Å². The number of ether oxygens (including phenoxy) is 1. The molecule has 19 heavy (non-hydrogen) atoms. The van der Waals surface area contributed by atoms with Gasteiger partial charge in [0.2, 0.25) is 0 Å². The van der Waals surface area contributed by atoms with Crippen LogP contribution in [0.3, 0.4) is 0 Å². The molecule has 1 aromatic heterocycles. The normalized spacial score (nSPS) is 10.5. The van der Waals surface area contributed by atoms with Gasteiger partial charge < -0.3 is 15.0 Å². The molecule has 0 bridgehead atoms. The number of aromatic nitrogens is 2. The maximum Gasteiger partial charge on any atom is 0.169 e. The van der Waals surface area contributed by atoms with Gasteiger partial charge in [-0.05, 0) is 41.5 Å². The third kappa shape index (κ3) is 5.46. The summed E-state index contributed by atoms with van der Waals surface area (Å²) in [5, 5.41) is 8.15. The first kappa shape index (κ1) is 16.4. The highest BCUT2D eigenvalue weighted by molar-refractivity contribution is 9.10. The maximum absolute atomic E-state index is 5.34. The molecule has 1 heterocycles. The quantitative estimate of drug-likeness (QED) is 0.602. The summed E-state index contributed by atoms with van der Waals surface area (Å²) in [6.07, 6.45) is 2.75. The van der Waals surface area contributed by atoms with Crippen molar-refractivity contribution in [2.24, 2.45) is 7.05 Å². The largest absolute Gasteiger partial charge is 0.382 e. The predicted molar refractivity (Wildman–Crippen MR) is 84.1 cm³/mol. The lowest BCUT2D eigenvalue weighted by Gasteiger charge is -2.21. The number of aryl methyl sites for hydroxylation is 1. The molecule has 0 aliphatic carbocycles. The molecule has 0 saturated heterocycles. The van der Waals surface area contributed by atoms with Crippen LogP contribution >= 0.6 is 28.1 Å². The number of rotatable bonds is 7. The molecule has 1 rings (SSSR count). The van der Waals surface area contributed by atoms with Gasteiger partial charge in [0, 0.05) is 33.9 Å². The molecule has 0 radical (unpaired) electrons. The van der Waals surface area contributed by atoms with Crippen molar-refractivity contribution >= 4 is 33.3 Å². The summed E-state index contributed by atoms with van der Waals surface area (Å²) in [5.41, 5.74) is 1.10. The van der Waals surface area contributed by atoms with Gasteiger partial charge in [0.25, 0.3) is 0 Å². The van der Waals surface area contributed by atoms with Crippen molar-refractivity contribution < 1.29 is 4.74 Å². The summed E-state index contributed by atoms with van der Waals surface area (Å²) >= 11 is 8.83. The first-order chi connectivity index (χ1) is 9.06. The summed E-state index contributed by atoms with van der Waals surface area (Å²) in [4.78, 5) is 2.00. The zero-order chi connectivity index (χ0) is 14.3. The van der Waals surface area contributed by atoms with Gasteiger partial charge >= 0.3 is 0 Å². The van der Waals surface area contributed by atoms with Crippen LogP contribution in [0.5, 0.6) is 0 Å². The molecule has 0 saturated carbocycles. The lowest BCUT2D eigenvalue weighted by atomic mass is 10.4. The monoisotopic (exact) mass is 348 g/mol. The van der Waals surface area contributed by atoms with Gasteiger partial charge in [-0.3, -0.25) is 4.68 Å². The van der Waals surface area contributed by atoms with Crippen LogP contribution in [0.4, 0.5) is 0 Å². The molecule has 1 aromatic rings. The first-order valence-corrected chi connectivity index (χ1v) is 7.49. The van der Waals surface area contributed by atoms with E-state index in [0.717, 1.165) is 41.5 Å². The van der Waals surface area contributed by atoms with E-state index in [1.165, 1.54) is 0 Å². The second-order valence-electron chi connectivity index (χ2n) is 4.20. The number of hydrogen-bond acceptors (Lipinski definition) is 3. The van der Waals surface area contributed by atoms with Gasteiger partial charge in [-0.2, -0.15) is 5.10 Å². The highest BCUT2D eigenvalue weighted by Crippen LogP contribution is 2.16. The molecule has 0 amide bonds. The van der Waals surface area contributed by atoms with E-state index in [0.29, 0.717) is 6.54 Å². The van der Waals surface area contributed by atoms with Crippen molar-refractivity contribution in [3.05, 3.63) is 16.4 Å². The Balaban J connectivity index is 2.33. The third-order valence-electron chi connectivity index (χ3n) is 2.69. The Morgan fingerprint density at radius 3 is 2.95 bits per heavy atom. The van der Waals surface area contributed by atoms with Gasteiger partial charge in [-0.15, -0.1) is 0 Å². The number of thiocarbonyl (C=S) groups is 1. The van der Waals surface area contributed by atoms with E-state index >= 15 is 0 Å². The Morgan fingerprint density at radius 1 is 1.63 bits per heavy atom. The van der Waals surface area contributed by atoms with Crippen molar-refractivity contribution in [2.45, 2.75) is 19.9 Å². The molecule has 5 nitrogen and oxygen atoms in total. The summed E-state index contributed by atoms with van der Waals surface area (Å²) in [5.74, 6) is 0. The highest BCUT2D eigenvalue weighted by atomic mass is 79.9. The van der Waals surface area contributed by atoms with Crippen LogP contribution in [0.1, 0.15) is 19.0 Å². The molecule has 1 N–H and O–H groups in total. The molecule has 0 unspecified atom stereocenters. The van der Waals surface area contributed by atoms with Gasteiger partial charge in [0.05, 0.1) is 22.9 Å². The zero-order valence-corrected chi connectivity index (χ0v) is 14.1. The fraction of sp³-hybridized carbons (Fsp3) is 0.667. The zero-order valence-electron chi connectivity index (χ0n) is 11.6. The molecule has 7 heteroatoms. The van der Waals surface area contributed by atoms with Crippen molar-refractivity contribution in [2.75, 3.05) is 26.8 Å². The van der Waals surface area contributed by atoms with E-state index in [2.05, 4.69) is 26.3 Å². The number of nitrogens with one attached hydrogen (secondary N) is 1. The lowest BCUT2D eigenvalue weighted by Crippen LogP contribution is -2.37.